The number of nitrogens with one attached hydrogen (secondary N) is 1. The summed E-state index contributed by atoms with van der Waals surface area (Å²) in [7, 11) is 0. The van der Waals surface area contributed by atoms with Crippen LogP contribution in [0, 0.1) is 13.8 Å². The molecule has 1 amide bonds. The van der Waals surface area contributed by atoms with E-state index in [0.29, 0.717) is 11.6 Å². The van der Waals surface area contributed by atoms with Crippen molar-refractivity contribution in [3.8, 4) is 11.4 Å². The third-order valence-corrected chi connectivity index (χ3v) is 5.07. The smallest absolute Gasteiger partial charge is 0.253 e. The number of halogens is 1. The highest BCUT2D eigenvalue weighted by Gasteiger charge is 2.16. The molecule has 4 aromatic rings. The Hall–Kier alpha value is -3.06. The van der Waals surface area contributed by atoms with Crippen LogP contribution in [0.2, 0.25) is 0 Å². The van der Waals surface area contributed by atoms with Crippen LogP contribution >= 0.6 is 15.9 Å². The van der Waals surface area contributed by atoms with Crippen LogP contribution in [0.15, 0.2) is 59.1 Å². The average Bonchev–Trinajstić information content (AvgIpc) is 3.12. The minimum atomic E-state index is -0.0990. The van der Waals surface area contributed by atoms with Crippen molar-refractivity contribution in [3.63, 3.8) is 0 Å². The number of aromatic nitrogens is 4. The average molecular weight is 436 g/mol. The zero-order valence-electron chi connectivity index (χ0n) is 15.5. The van der Waals surface area contributed by atoms with Gasteiger partial charge in [0.15, 0.2) is 5.82 Å². The molecule has 7 heteroatoms. The molecule has 0 saturated heterocycles. The fourth-order valence-corrected chi connectivity index (χ4v) is 3.34. The lowest BCUT2D eigenvalue weighted by Gasteiger charge is -2.11. The fourth-order valence-electron chi connectivity index (χ4n) is 3.07. The Labute approximate surface area is 170 Å². The third kappa shape index (κ3) is 3.66. The summed E-state index contributed by atoms with van der Waals surface area (Å²) in [5.74, 6) is 1.05. The first-order valence-electron chi connectivity index (χ1n) is 8.85. The molecule has 0 unspecified atom stereocenters. The maximum Gasteiger partial charge on any atom is 0.253 e. The maximum atomic E-state index is 12.5. The van der Waals surface area contributed by atoms with Gasteiger partial charge in [-0.2, -0.15) is 4.98 Å². The lowest BCUT2D eigenvalue weighted by molar-refractivity contribution is -0.115. The predicted molar refractivity (Wildman–Crippen MR) is 112 cm³/mol. The topological polar surface area (TPSA) is 72.2 Å². The number of amides is 1. The molecule has 2 aromatic carbocycles. The van der Waals surface area contributed by atoms with E-state index < -0.39 is 0 Å². The molecule has 0 aliphatic heterocycles. The molecular weight excluding hydrogens is 418 g/mol. The van der Waals surface area contributed by atoms with E-state index in [2.05, 4.69) is 36.3 Å². The first-order chi connectivity index (χ1) is 13.5. The molecule has 28 heavy (non-hydrogen) atoms. The van der Waals surface area contributed by atoms with Crippen molar-refractivity contribution in [2.45, 2.75) is 20.3 Å². The van der Waals surface area contributed by atoms with Crippen LogP contribution in [0.25, 0.3) is 17.2 Å². The zero-order valence-corrected chi connectivity index (χ0v) is 17.1. The highest BCUT2D eigenvalue weighted by molar-refractivity contribution is 9.10. The number of benzene rings is 2. The number of hydrogen-bond donors (Lipinski definition) is 1. The van der Waals surface area contributed by atoms with Crippen LogP contribution in [0.5, 0.6) is 0 Å². The van der Waals surface area contributed by atoms with Gasteiger partial charge in [-0.3, -0.25) is 4.79 Å². The summed E-state index contributed by atoms with van der Waals surface area (Å²) in [5.41, 5.74) is 4.18. The number of carbonyl (C=O) groups excluding carboxylic acids is 1. The predicted octanol–water partition coefficient (Wildman–Crippen LogP) is 4.35. The number of hydrogen-bond acceptors (Lipinski definition) is 4. The Balaban J connectivity index is 1.63. The van der Waals surface area contributed by atoms with Crippen molar-refractivity contribution in [2.75, 3.05) is 5.32 Å². The Bertz CT molecular complexity index is 1150. The third-order valence-electron chi connectivity index (χ3n) is 4.55. The molecule has 0 atom stereocenters. The second-order valence-corrected chi connectivity index (χ2v) is 7.42. The molecule has 0 aliphatic carbocycles. The van der Waals surface area contributed by atoms with Gasteiger partial charge in [0, 0.05) is 32.7 Å². The molecule has 6 nitrogen and oxygen atoms in total. The summed E-state index contributed by atoms with van der Waals surface area (Å²) in [6, 6.07) is 17.3. The van der Waals surface area contributed by atoms with Crippen molar-refractivity contribution in [1.29, 1.82) is 0 Å². The van der Waals surface area contributed by atoms with Gasteiger partial charge in [-0.05, 0) is 38.1 Å². The summed E-state index contributed by atoms with van der Waals surface area (Å²) in [6.07, 6.45) is 0.219. The van der Waals surface area contributed by atoms with Crippen molar-refractivity contribution in [1.82, 2.24) is 19.6 Å². The Morgan fingerprint density at radius 1 is 1.04 bits per heavy atom. The van der Waals surface area contributed by atoms with Gasteiger partial charge in [0.1, 0.15) is 0 Å². The summed E-state index contributed by atoms with van der Waals surface area (Å²) in [6.45, 7) is 3.83. The van der Waals surface area contributed by atoms with E-state index in [1.165, 1.54) is 0 Å². The lowest BCUT2D eigenvalue weighted by Crippen LogP contribution is -2.17. The van der Waals surface area contributed by atoms with Crippen molar-refractivity contribution in [3.05, 3.63) is 76.0 Å². The van der Waals surface area contributed by atoms with Crippen LogP contribution in [-0.4, -0.2) is 25.5 Å². The van der Waals surface area contributed by atoms with E-state index in [1.807, 2.05) is 68.4 Å². The van der Waals surface area contributed by atoms with Crippen LogP contribution in [0.4, 0.5) is 5.69 Å². The number of rotatable bonds is 4. The summed E-state index contributed by atoms with van der Waals surface area (Å²) < 4.78 is 2.67. The molecule has 0 fully saturated rings. The SMILES string of the molecule is Cc1nc2nc(-c3ccccc3)nn2c(C)c1CC(=O)Nc1ccc(Br)cc1. The minimum Gasteiger partial charge on any atom is -0.326 e. The van der Waals surface area contributed by atoms with E-state index in [-0.39, 0.29) is 12.3 Å². The Morgan fingerprint density at radius 2 is 1.75 bits per heavy atom. The van der Waals surface area contributed by atoms with E-state index >= 15 is 0 Å². The van der Waals surface area contributed by atoms with Crippen molar-refractivity contribution >= 4 is 33.3 Å². The van der Waals surface area contributed by atoms with Gasteiger partial charge in [0.25, 0.3) is 5.78 Å². The van der Waals surface area contributed by atoms with Crippen LogP contribution in [0.3, 0.4) is 0 Å². The first kappa shape index (κ1) is 18.3. The number of nitrogens with zero attached hydrogens (tertiary/aromatic N) is 4. The summed E-state index contributed by atoms with van der Waals surface area (Å²) in [4.78, 5) is 21.6. The quantitative estimate of drug-likeness (QED) is 0.516. The molecule has 4 rings (SSSR count). The Morgan fingerprint density at radius 3 is 2.46 bits per heavy atom. The fraction of sp³-hybridized carbons (Fsp3) is 0.143. The van der Waals surface area contributed by atoms with Gasteiger partial charge in [-0.25, -0.2) is 9.50 Å². The van der Waals surface area contributed by atoms with Gasteiger partial charge in [-0.1, -0.05) is 46.3 Å². The molecule has 0 bridgehead atoms. The van der Waals surface area contributed by atoms with E-state index in [4.69, 9.17) is 0 Å². The summed E-state index contributed by atoms with van der Waals surface area (Å²) in [5, 5.41) is 7.51. The molecule has 2 aromatic heterocycles. The van der Waals surface area contributed by atoms with Crippen LogP contribution in [-0.2, 0) is 11.2 Å². The minimum absolute atomic E-state index is 0.0990. The zero-order chi connectivity index (χ0) is 19.7. The Kier molecular flexibility index (Phi) is 4.92. The molecule has 0 radical (unpaired) electrons. The van der Waals surface area contributed by atoms with Gasteiger partial charge in [0.05, 0.1) is 6.42 Å². The maximum absolute atomic E-state index is 12.5. The number of fused-ring (bicyclic) bond motifs is 1. The monoisotopic (exact) mass is 435 g/mol. The van der Waals surface area contributed by atoms with Crippen molar-refractivity contribution in [2.24, 2.45) is 0 Å². The number of aryl methyl sites for hydroxylation is 2. The van der Waals surface area contributed by atoms with Gasteiger partial charge in [-0.15, -0.1) is 5.10 Å². The van der Waals surface area contributed by atoms with Crippen molar-refractivity contribution < 1.29 is 4.79 Å². The second-order valence-electron chi connectivity index (χ2n) is 6.51. The van der Waals surface area contributed by atoms with E-state index in [1.54, 1.807) is 4.52 Å². The highest BCUT2D eigenvalue weighted by Crippen LogP contribution is 2.20. The van der Waals surface area contributed by atoms with Gasteiger partial charge < -0.3 is 5.32 Å². The first-order valence-corrected chi connectivity index (χ1v) is 9.64. The standard InChI is InChI=1S/C21H18BrN5O/c1-13-18(12-19(28)24-17-10-8-16(22)9-11-17)14(2)27-21(23-13)25-20(26-27)15-6-4-3-5-7-15/h3-11H,12H2,1-2H3,(H,24,28). The van der Waals surface area contributed by atoms with E-state index in [9.17, 15) is 4.79 Å². The molecular formula is C21H18BrN5O. The van der Waals surface area contributed by atoms with Gasteiger partial charge >= 0.3 is 0 Å². The molecule has 1 N–H and O–H groups in total. The number of anilines is 1. The largest absolute Gasteiger partial charge is 0.326 e. The normalized spacial score (nSPS) is 11.0. The number of carbonyl (C=O) groups is 1. The van der Waals surface area contributed by atoms with Gasteiger partial charge in [0.2, 0.25) is 5.91 Å². The van der Waals surface area contributed by atoms with E-state index in [0.717, 1.165) is 32.7 Å². The van der Waals surface area contributed by atoms with Crippen LogP contribution < -0.4 is 5.32 Å². The molecule has 0 saturated carbocycles. The highest BCUT2D eigenvalue weighted by atomic mass is 79.9. The van der Waals surface area contributed by atoms with Crippen LogP contribution in [0.1, 0.15) is 17.0 Å². The molecule has 2 heterocycles. The summed E-state index contributed by atoms with van der Waals surface area (Å²) >= 11 is 3.39. The second kappa shape index (κ2) is 7.52. The molecule has 0 aliphatic rings. The molecule has 0 spiro atoms. The molecule has 140 valence electrons. The lowest BCUT2D eigenvalue weighted by atomic mass is 10.1.